The van der Waals surface area contributed by atoms with Crippen LogP contribution in [0.25, 0.3) is 0 Å². The minimum Gasteiger partial charge on any atom is -0.370 e. The van der Waals surface area contributed by atoms with E-state index in [4.69, 9.17) is 5.73 Å². The van der Waals surface area contributed by atoms with E-state index in [0.29, 0.717) is 17.7 Å². The second-order valence-electron chi connectivity index (χ2n) is 9.28. The predicted molar refractivity (Wildman–Crippen MR) is 125 cm³/mol. The van der Waals surface area contributed by atoms with E-state index in [1.807, 2.05) is 55.5 Å². The minimum absolute atomic E-state index is 0.0614. The summed E-state index contributed by atoms with van der Waals surface area (Å²) in [5, 5.41) is 6.33. The molecule has 3 aliphatic heterocycles. The van der Waals surface area contributed by atoms with Gasteiger partial charge in [-0.1, -0.05) is 55.5 Å². The Labute approximate surface area is 197 Å². The van der Waals surface area contributed by atoms with Crippen LogP contribution in [0.5, 0.6) is 0 Å². The molecule has 5 rings (SSSR count). The molecule has 2 fully saturated rings. The molecule has 4 N–H and O–H groups in total. The van der Waals surface area contributed by atoms with Crippen molar-refractivity contribution >= 4 is 29.3 Å². The highest BCUT2D eigenvalue weighted by Crippen LogP contribution is 2.54. The van der Waals surface area contributed by atoms with Gasteiger partial charge in [-0.25, -0.2) is 0 Å². The molecule has 1 spiro atoms. The summed E-state index contributed by atoms with van der Waals surface area (Å²) < 4.78 is 0. The minimum atomic E-state index is -1.35. The van der Waals surface area contributed by atoms with Crippen LogP contribution in [0.3, 0.4) is 0 Å². The van der Waals surface area contributed by atoms with Crippen LogP contribution < -0.4 is 16.4 Å². The molecule has 0 saturated carbocycles. The Morgan fingerprint density at radius 2 is 1.82 bits per heavy atom. The van der Waals surface area contributed by atoms with Crippen molar-refractivity contribution < 1.29 is 19.2 Å². The lowest BCUT2D eigenvalue weighted by Gasteiger charge is -2.29. The maximum atomic E-state index is 13.8. The van der Waals surface area contributed by atoms with Crippen molar-refractivity contribution in [3.63, 3.8) is 0 Å². The van der Waals surface area contributed by atoms with Crippen molar-refractivity contribution in [3.05, 3.63) is 65.2 Å². The number of imide groups is 1. The second kappa shape index (κ2) is 8.36. The number of amides is 4. The number of para-hydroxylation sites is 1. The molecule has 176 valence electrons. The number of carbonyl (C=O) groups excluding carboxylic acids is 4. The summed E-state index contributed by atoms with van der Waals surface area (Å²) in [6, 6.07) is 14.8. The summed E-state index contributed by atoms with van der Waals surface area (Å²) in [7, 11) is 0. The fraction of sp³-hybridized carbons (Fsp3) is 0.385. The number of benzene rings is 2. The first-order valence-electron chi connectivity index (χ1n) is 11.8. The molecule has 4 amide bonds. The van der Waals surface area contributed by atoms with E-state index in [1.165, 1.54) is 4.90 Å². The van der Waals surface area contributed by atoms with Crippen LogP contribution in [0.2, 0.25) is 0 Å². The summed E-state index contributed by atoms with van der Waals surface area (Å²) in [5.74, 6) is -3.05. The topological polar surface area (TPSA) is 122 Å². The van der Waals surface area contributed by atoms with E-state index in [2.05, 4.69) is 10.6 Å². The number of nitrogens with zero attached hydrogens (tertiary/aromatic N) is 1. The van der Waals surface area contributed by atoms with Crippen LogP contribution in [0, 0.1) is 11.8 Å². The number of anilines is 1. The number of rotatable bonds is 7. The molecule has 0 unspecified atom stereocenters. The molecule has 0 aliphatic carbocycles. The molecule has 8 nitrogen and oxygen atoms in total. The fourth-order valence-corrected chi connectivity index (χ4v) is 5.90. The smallest absolute Gasteiger partial charge is 0.250 e. The van der Waals surface area contributed by atoms with Gasteiger partial charge in [-0.15, -0.1) is 0 Å². The van der Waals surface area contributed by atoms with Gasteiger partial charge >= 0.3 is 0 Å². The zero-order chi connectivity index (χ0) is 24.0. The molecule has 3 aliphatic rings. The quantitative estimate of drug-likeness (QED) is 0.541. The molecular weight excluding hydrogens is 432 g/mol. The number of nitrogens with two attached hydrogens (primary N) is 1. The van der Waals surface area contributed by atoms with E-state index < -0.39 is 29.3 Å². The summed E-state index contributed by atoms with van der Waals surface area (Å²) in [5.41, 5.74) is 7.44. The zero-order valence-corrected chi connectivity index (χ0v) is 19.0. The van der Waals surface area contributed by atoms with Gasteiger partial charge in [-0.3, -0.25) is 29.4 Å². The lowest BCUT2D eigenvalue weighted by molar-refractivity contribution is -0.142. The van der Waals surface area contributed by atoms with Crippen molar-refractivity contribution in [2.45, 2.75) is 44.2 Å². The first-order valence-corrected chi connectivity index (χ1v) is 11.8. The molecule has 2 aromatic carbocycles. The van der Waals surface area contributed by atoms with Gasteiger partial charge in [0.2, 0.25) is 23.6 Å². The monoisotopic (exact) mass is 460 g/mol. The second-order valence-corrected chi connectivity index (χ2v) is 9.28. The molecule has 0 bridgehead atoms. The first kappa shape index (κ1) is 22.3. The number of hydrogen-bond acceptors (Lipinski definition) is 5. The number of primary amides is 1. The van der Waals surface area contributed by atoms with Gasteiger partial charge in [-0.2, -0.15) is 0 Å². The van der Waals surface area contributed by atoms with Crippen molar-refractivity contribution in [3.8, 4) is 0 Å². The van der Waals surface area contributed by atoms with Gasteiger partial charge in [0.05, 0.1) is 11.8 Å². The normalized spacial score (nSPS) is 27.3. The lowest BCUT2D eigenvalue weighted by atomic mass is 9.76. The average Bonchev–Trinajstić information content (AvgIpc) is 3.41. The molecule has 34 heavy (non-hydrogen) atoms. The Morgan fingerprint density at radius 1 is 1.06 bits per heavy atom. The molecule has 2 saturated heterocycles. The van der Waals surface area contributed by atoms with E-state index in [0.717, 1.165) is 17.5 Å². The lowest BCUT2D eigenvalue weighted by Crippen LogP contribution is -2.53. The summed E-state index contributed by atoms with van der Waals surface area (Å²) in [6.45, 7) is 2.25. The standard InChI is InChI=1S/C26H28N4O4/c1-2-16-9-6-10-17-22(16)28-25(34)26(17)21-20(18(29-26)11-12-19(27)31)23(32)30(24(21)33)14-13-15-7-4-3-5-8-15/h3-10,18,20-21,29H,2,11-14H2,1H3,(H2,27,31)(H,28,34)/t18-,20+,21+,26-/m0/s1. The molecule has 0 aromatic heterocycles. The van der Waals surface area contributed by atoms with Crippen molar-refractivity contribution in [1.82, 2.24) is 10.2 Å². The Bertz CT molecular complexity index is 1180. The average molecular weight is 461 g/mol. The maximum Gasteiger partial charge on any atom is 0.250 e. The van der Waals surface area contributed by atoms with Gasteiger partial charge in [-0.05, 0) is 30.4 Å². The SMILES string of the molecule is CCc1cccc2c1NC(=O)[C@]21N[C@@H](CCC(N)=O)[C@H]2C(=O)N(CCc3ccccc3)C(=O)[C@@H]21. The Kier molecular flexibility index (Phi) is 5.48. The van der Waals surface area contributed by atoms with Gasteiger partial charge < -0.3 is 11.1 Å². The van der Waals surface area contributed by atoms with Gasteiger partial charge in [0.1, 0.15) is 5.54 Å². The zero-order valence-electron chi connectivity index (χ0n) is 19.0. The number of aryl methyl sites for hydroxylation is 1. The summed E-state index contributed by atoms with van der Waals surface area (Å²) in [4.78, 5) is 53.7. The first-order chi connectivity index (χ1) is 16.4. The van der Waals surface area contributed by atoms with E-state index in [-0.39, 0.29) is 37.1 Å². The highest BCUT2D eigenvalue weighted by molar-refractivity contribution is 6.15. The molecule has 4 atom stereocenters. The summed E-state index contributed by atoms with van der Waals surface area (Å²) in [6.07, 6.45) is 1.59. The molecule has 2 aromatic rings. The van der Waals surface area contributed by atoms with Crippen molar-refractivity contribution in [1.29, 1.82) is 0 Å². The number of hydrogen-bond donors (Lipinski definition) is 3. The largest absolute Gasteiger partial charge is 0.370 e. The van der Waals surface area contributed by atoms with Crippen LogP contribution in [-0.4, -0.2) is 41.1 Å². The van der Waals surface area contributed by atoms with Crippen LogP contribution in [0.15, 0.2) is 48.5 Å². The molecule has 3 heterocycles. The Morgan fingerprint density at radius 3 is 2.53 bits per heavy atom. The third-order valence-corrected chi connectivity index (χ3v) is 7.48. The molecule has 8 heteroatoms. The fourth-order valence-electron chi connectivity index (χ4n) is 5.90. The van der Waals surface area contributed by atoms with Crippen molar-refractivity contribution in [2.75, 3.05) is 11.9 Å². The third-order valence-electron chi connectivity index (χ3n) is 7.48. The van der Waals surface area contributed by atoms with Gasteiger partial charge in [0.25, 0.3) is 0 Å². The number of likely N-dealkylation sites (tertiary alicyclic amines) is 1. The van der Waals surface area contributed by atoms with Crippen LogP contribution in [0.4, 0.5) is 5.69 Å². The van der Waals surface area contributed by atoms with E-state index >= 15 is 0 Å². The summed E-state index contributed by atoms with van der Waals surface area (Å²) >= 11 is 0. The van der Waals surface area contributed by atoms with Crippen LogP contribution in [-0.2, 0) is 37.6 Å². The Hall–Kier alpha value is -3.52. The third kappa shape index (κ3) is 3.24. The van der Waals surface area contributed by atoms with E-state index in [1.54, 1.807) is 0 Å². The van der Waals surface area contributed by atoms with Gasteiger partial charge in [0, 0.05) is 30.3 Å². The van der Waals surface area contributed by atoms with E-state index in [9.17, 15) is 19.2 Å². The highest BCUT2D eigenvalue weighted by atomic mass is 16.2. The van der Waals surface area contributed by atoms with Crippen molar-refractivity contribution in [2.24, 2.45) is 17.6 Å². The Balaban J connectivity index is 1.54. The molecular formula is C26H28N4O4. The van der Waals surface area contributed by atoms with Gasteiger partial charge in [0.15, 0.2) is 0 Å². The highest BCUT2D eigenvalue weighted by Gasteiger charge is 2.70. The maximum absolute atomic E-state index is 13.8. The molecule has 0 radical (unpaired) electrons. The number of fused-ring (bicyclic) bond motifs is 4. The van der Waals surface area contributed by atoms with Crippen LogP contribution >= 0.6 is 0 Å². The van der Waals surface area contributed by atoms with Crippen LogP contribution in [0.1, 0.15) is 36.5 Å². The number of nitrogens with one attached hydrogen (secondary N) is 2. The predicted octanol–water partition coefficient (Wildman–Crippen LogP) is 1.48. The number of carbonyl (C=O) groups is 4.